The van der Waals surface area contributed by atoms with E-state index in [1.165, 1.54) is 0 Å². The zero-order valence-electron chi connectivity index (χ0n) is 15.2. The fourth-order valence-electron chi connectivity index (χ4n) is 3.03. The van der Waals surface area contributed by atoms with E-state index in [0.29, 0.717) is 13.1 Å². The van der Waals surface area contributed by atoms with Gasteiger partial charge in [-0.15, -0.1) is 0 Å². The molecule has 1 aliphatic heterocycles. The van der Waals surface area contributed by atoms with E-state index < -0.39 is 5.60 Å². The van der Waals surface area contributed by atoms with Gasteiger partial charge in [-0.25, -0.2) is 4.79 Å². The maximum atomic E-state index is 12.2. The molecule has 3 rings (SSSR count). The highest BCUT2D eigenvalue weighted by Gasteiger charge is 2.30. The Morgan fingerprint density at radius 1 is 1.32 bits per heavy atom. The predicted molar refractivity (Wildman–Crippen MR) is 98.1 cm³/mol. The van der Waals surface area contributed by atoms with E-state index in [2.05, 4.69) is 10.3 Å². The summed E-state index contributed by atoms with van der Waals surface area (Å²) in [7, 11) is 1.66. The molecule has 0 bridgehead atoms. The first-order valence-corrected chi connectivity index (χ1v) is 8.53. The number of hydrogen-bond donors (Lipinski definition) is 1. The highest BCUT2D eigenvalue weighted by Crippen LogP contribution is 2.33. The number of carbonyl (C=O) groups is 1. The van der Waals surface area contributed by atoms with Crippen molar-refractivity contribution in [1.29, 1.82) is 0 Å². The maximum Gasteiger partial charge on any atom is 0.410 e. The number of carbonyl (C=O) groups excluding carboxylic acids is 1. The maximum absolute atomic E-state index is 12.2. The third-order valence-electron chi connectivity index (χ3n) is 4.16. The van der Waals surface area contributed by atoms with Crippen LogP contribution in [0.25, 0.3) is 10.9 Å². The number of hydrogen-bond acceptors (Lipinski definition) is 5. The molecule has 1 saturated heterocycles. The van der Waals surface area contributed by atoms with Gasteiger partial charge in [-0.2, -0.15) is 0 Å². The number of aromatic nitrogens is 1. The van der Waals surface area contributed by atoms with Gasteiger partial charge in [-0.05, 0) is 51.5 Å². The van der Waals surface area contributed by atoms with Gasteiger partial charge in [-0.1, -0.05) is 0 Å². The average molecular weight is 343 g/mol. The second-order valence-electron chi connectivity index (χ2n) is 7.27. The molecule has 6 heteroatoms. The molecule has 0 unspecified atom stereocenters. The van der Waals surface area contributed by atoms with Crippen LogP contribution in [0.3, 0.4) is 0 Å². The van der Waals surface area contributed by atoms with Crippen molar-refractivity contribution in [2.75, 3.05) is 25.5 Å². The third-order valence-corrected chi connectivity index (χ3v) is 4.16. The van der Waals surface area contributed by atoms with Crippen molar-refractivity contribution in [1.82, 2.24) is 9.88 Å². The Morgan fingerprint density at radius 2 is 2.12 bits per heavy atom. The van der Waals surface area contributed by atoms with Crippen LogP contribution >= 0.6 is 0 Å². The lowest BCUT2D eigenvalue weighted by molar-refractivity contribution is 0.0293. The highest BCUT2D eigenvalue weighted by molar-refractivity contribution is 5.94. The van der Waals surface area contributed by atoms with E-state index in [1.54, 1.807) is 18.2 Å². The Balaban J connectivity index is 1.76. The number of methoxy groups -OCH3 is 1. The van der Waals surface area contributed by atoms with Crippen LogP contribution in [0.4, 0.5) is 10.5 Å². The van der Waals surface area contributed by atoms with Crippen LogP contribution in [0.2, 0.25) is 0 Å². The Morgan fingerprint density at radius 3 is 2.84 bits per heavy atom. The topological polar surface area (TPSA) is 63.7 Å². The number of anilines is 1. The molecular weight excluding hydrogens is 318 g/mol. The van der Waals surface area contributed by atoms with Crippen LogP contribution in [0.5, 0.6) is 5.75 Å². The minimum atomic E-state index is -0.479. The molecule has 1 atom stereocenters. The number of pyridine rings is 1. The Bertz CT molecular complexity index is 770. The smallest absolute Gasteiger partial charge is 0.410 e. The Labute approximate surface area is 148 Å². The van der Waals surface area contributed by atoms with Crippen molar-refractivity contribution in [2.45, 2.75) is 38.8 Å². The second-order valence-corrected chi connectivity index (χ2v) is 7.27. The van der Waals surface area contributed by atoms with Crippen molar-refractivity contribution in [3.63, 3.8) is 0 Å². The van der Waals surface area contributed by atoms with E-state index in [1.807, 2.05) is 45.0 Å². The van der Waals surface area contributed by atoms with Crippen molar-refractivity contribution in [3.8, 4) is 5.75 Å². The molecule has 1 N–H and O–H groups in total. The van der Waals surface area contributed by atoms with E-state index in [-0.39, 0.29) is 12.1 Å². The summed E-state index contributed by atoms with van der Waals surface area (Å²) in [6.45, 7) is 6.92. The molecule has 25 heavy (non-hydrogen) atoms. The SMILES string of the molecule is COc1ccc2ncccc2c1N[C@@H]1CCN(C(=O)OC(C)(C)C)C1. The van der Waals surface area contributed by atoms with E-state index in [0.717, 1.165) is 28.8 Å². The summed E-state index contributed by atoms with van der Waals surface area (Å²) in [5.41, 5.74) is 1.35. The lowest BCUT2D eigenvalue weighted by Crippen LogP contribution is -2.36. The van der Waals surface area contributed by atoms with Crippen molar-refractivity contribution in [2.24, 2.45) is 0 Å². The summed E-state index contributed by atoms with van der Waals surface area (Å²) in [5, 5.41) is 4.55. The Kier molecular flexibility index (Phi) is 4.70. The summed E-state index contributed by atoms with van der Waals surface area (Å²) < 4.78 is 11.0. The molecule has 1 fully saturated rings. The molecule has 0 aliphatic carbocycles. The Hall–Kier alpha value is -2.50. The number of amides is 1. The van der Waals surface area contributed by atoms with Gasteiger partial charge < -0.3 is 19.7 Å². The molecule has 2 aromatic rings. The van der Waals surface area contributed by atoms with Gasteiger partial charge in [0.05, 0.1) is 18.3 Å². The van der Waals surface area contributed by atoms with Crippen molar-refractivity contribution in [3.05, 3.63) is 30.5 Å². The number of nitrogens with zero attached hydrogens (tertiary/aromatic N) is 2. The van der Waals surface area contributed by atoms with Crippen LogP contribution in [-0.4, -0.2) is 47.8 Å². The molecule has 6 nitrogen and oxygen atoms in total. The normalized spacial score (nSPS) is 17.6. The van der Waals surface area contributed by atoms with Crippen molar-refractivity contribution < 1.29 is 14.3 Å². The number of fused-ring (bicyclic) bond motifs is 1. The first kappa shape index (κ1) is 17.3. The largest absolute Gasteiger partial charge is 0.495 e. The number of likely N-dealkylation sites (tertiary alicyclic amines) is 1. The molecule has 1 aromatic heterocycles. The van der Waals surface area contributed by atoms with Gasteiger partial charge >= 0.3 is 6.09 Å². The highest BCUT2D eigenvalue weighted by atomic mass is 16.6. The molecule has 1 amide bonds. The number of rotatable bonds is 3. The van der Waals surface area contributed by atoms with Crippen LogP contribution in [0, 0.1) is 0 Å². The zero-order valence-corrected chi connectivity index (χ0v) is 15.2. The number of nitrogens with one attached hydrogen (secondary N) is 1. The van der Waals surface area contributed by atoms with Gasteiger partial charge in [-0.3, -0.25) is 4.98 Å². The summed E-state index contributed by atoms with van der Waals surface area (Å²) in [4.78, 5) is 18.4. The minimum absolute atomic E-state index is 0.146. The standard InChI is InChI=1S/C19H25N3O3/c1-19(2,3)25-18(23)22-11-9-13(12-22)21-17-14-6-5-10-20-15(14)7-8-16(17)24-4/h5-8,10,13,21H,9,11-12H2,1-4H3/t13-/m1/s1. The first-order valence-electron chi connectivity index (χ1n) is 8.53. The fourth-order valence-corrected chi connectivity index (χ4v) is 3.03. The van der Waals surface area contributed by atoms with E-state index >= 15 is 0 Å². The van der Waals surface area contributed by atoms with Gasteiger partial charge in [0.1, 0.15) is 11.4 Å². The minimum Gasteiger partial charge on any atom is -0.495 e. The molecule has 1 aliphatic rings. The van der Waals surface area contributed by atoms with E-state index in [4.69, 9.17) is 9.47 Å². The average Bonchev–Trinajstić information content (AvgIpc) is 3.02. The molecule has 1 aromatic carbocycles. The summed E-state index contributed by atoms with van der Waals surface area (Å²) in [6.07, 6.45) is 2.38. The van der Waals surface area contributed by atoms with Crippen LogP contribution in [0.1, 0.15) is 27.2 Å². The quantitative estimate of drug-likeness (QED) is 0.921. The fraction of sp³-hybridized carbons (Fsp3) is 0.474. The van der Waals surface area contributed by atoms with Gasteiger partial charge in [0.15, 0.2) is 0 Å². The van der Waals surface area contributed by atoms with Crippen LogP contribution in [-0.2, 0) is 4.74 Å². The second kappa shape index (κ2) is 6.78. The van der Waals surface area contributed by atoms with Crippen LogP contribution < -0.4 is 10.1 Å². The molecule has 0 radical (unpaired) electrons. The van der Waals surface area contributed by atoms with E-state index in [9.17, 15) is 4.79 Å². The molecule has 134 valence electrons. The molecule has 0 spiro atoms. The van der Waals surface area contributed by atoms with Gasteiger partial charge in [0, 0.05) is 30.7 Å². The summed E-state index contributed by atoms with van der Waals surface area (Å²) in [5.74, 6) is 0.774. The van der Waals surface area contributed by atoms with Gasteiger partial charge in [0.25, 0.3) is 0 Å². The first-order chi connectivity index (χ1) is 11.9. The summed E-state index contributed by atoms with van der Waals surface area (Å²) in [6, 6.07) is 7.94. The van der Waals surface area contributed by atoms with Crippen molar-refractivity contribution >= 4 is 22.7 Å². The lowest BCUT2D eigenvalue weighted by Gasteiger charge is -2.24. The molecular formula is C19H25N3O3. The molecule has 0 saturated carbocycles. The lowest BCUT2D eigenvalue weighted by atomic mass is 10.1. The van der Waals surface area contributed by atoms with Crippen LogP contribution in [0.15, 0.2) is 30.5 Å². The zero-order chi connectivity index (χ0) is 18.0. The predicted octanol–water partition coefficient (Wildman–Crippen LogP) is 3.66. The van der Waals surface area contributed by atoms with Gasteiger partial charge in [0.2, 0.25) is 0 Å². The number of ether oxygens (including phenoxy) is 2. The molecule has 2 heterocycles. The third kappa shape index (κ3) is 3.95. The monoisotopic (exact) mass is 343 g/mol. The number of benzene rings is 1. The summed E-state index contributed by atoms with van der Waals surface area (Å²) >= 11 is 0.